The van der Waals surface area contributed by atoms with Crippen LogP contribution in [0.25, 0.3) is 0 Å². The van der Waals surface area contributed by atoms with Gasteiger partial charge in [-0.3, -0.25) is 0 Å². The molecule has 0 fully saturated rings. The number of hydrogen-bond donors (Lipinski definition) is 1. The van der Waals surface area contributed by atoms with E-state index in [1.54, 1.807) is 11.8 Å². The highest BCUT2D eigenvalue weighted by Crippen LogP contribution is 2.32. The van der Waals surface area contributed by atoms with Crippen molar-refractivity contribution in [1.82, 2.24) is 14.8 Å². The van der Waals surface area contributed by atoms with E-state index in [0.717, 1.165) is 22.3 Å². The third-order valence-electron chi connectivity index (χ3n) is 3.01. The van der Waals surface area contributed by atoms with Crippen LogP contribution in [0.4, 0.5) is 0 Å². The maximum Gasteiger partial charge on any atom is 0.195 e. The van der Waals surface area contributed by atoms with Crippen molar-refractivity contribution in [2.24, 2.45) is 12.8 Å². The second-order valence-electron chi connectivity index (χ2n) is 4.24. The monoisotopic (exact) mass is 262 g/mol. The van der Waals surface area contributed by atoms with Gasteiger partial charge in [0.2, 0.25) is 0 Å². The van der Waals surface area contributed by atoms with Crippen LogP contribution in [-0.4, -0.2) is 14.8 Å². The number of aryl methyl sites for hydroxylation is 1. The van der Waals surface area contributed by atoms with Crippen molar-refractivity contribution in [1.29, 1.82) is 0 Å². The summed E-state index contributed by atoms with van der Waals surface area (Å²) in [5, 5.41) is 9.13. The first-order chi connectivity index (χ1) is 8.63. The van der Waals surface area contributed by atoms with Crippen LogP contribution >= 0.6 is 11.8 Å². The van der Waals surface area contributed by atoms with E-state index in [9.17, 15) is 0 Å². The van der Waals surface area contributed by atoms with Gasteiger partial charge in [0.05, 0.1) is 0 Å². The van der Waals surface area contributed by atoms with Crippen LogP contribution in [0.3, 0.4) is 0 Å². The topological polar surface area (TPSA) is 56.7 Å². The predicted octanol–water partition coefficient (Wildman–Crippen LogP) is 2.68. The summed E-state index contributed by atoms with van der Waals surface area (Å²) in [6.07, 6.45) is 0.926. The SMILES string of the molecule is CCC(N)c1ccccc1Sc1nnc(C)n1C. The number of nitrogens with two attached hydrogens (primary N) is 1. The van der Waals surface area contributed by atoms with Gasteiger partial charge in [0.1, 0.15) is 5.82 Å². The molecule has 0 saturated carbocycles. The Labute approximate surface area is 112 Å². The molecule has 0 bridgehead atoms. The molecule has 0 saturated heterocycles. The van der Waals surface area contributed by atoms with Gasteiger partial charge in [0, 0.05) is 18.0 Å². The minimum atomic E-state index is 0.0722. The van der Waals surface area contributed by atoms with Crippen molar-refractivity contribution in [3.05, 3.63) is 35.7 Å². The standard InChI is InChI=1S/C13H18N4S/c1-4-11(14)10-7-5-6-8-12(10)18-13-16-15-9(2)17(13)3/h5-8,11H,4,14H2,1-3H3. The third kappa shape index (κ3) is 2.57. The summed E-state index contributed by atoms with van der Waals surface area (Å²) in [5.41, 5.74) is 7.31. The normalized spacial score (nSPS) is 12.7. The van der Waals surface area contributed by atoms with E-state index < -0.39 is 0 Å². The zero-order valence-corrected chi connectivity index (χ0v) is 11.7. The summed E-state index contributed by atoms with van der Waals surface area (Å²) in [5.74, 6) is 0.912. The van der Waals surface area contributed by atoms with Crippen LogP contribution in [0.15, 0.2) is 34.3 Å². The second kappa shape index (κ2) is 5.54. The lowest BCUT2D eigenvalue weighted by Crippen LogP contribution is -2.09. The molecule has 2 aromatic rings. The van der Waals surface area contributed by atoms with Crippen LogP contribution < -0.4 is 5.73 Å². The summed E-state index contributed by atoms with van der Waals surface area (Å²) >= 11 is 1.61. The van der Waals surface area contributed by atoms with Crippen LogP contribution in [0, 0.1) is 6.92 Å². The van der Waals surface area contributed by atoms with Crippen molar-refractivity contribution in [2.45, 2.75) is 36.4 Å². The summed E-state index contributed by atoms with van der Waals surface area (Å²) < 4.78 is 1.99. The van der Waals surface area contributed by atoms with Crippen LogP contribution in [-0.2, 0) is 7.05 Å². The summed E-state index contributed by atoms with van der Waals surface area (Å²) in [6.45, 7) is 4.04. The van der Waals surface area contributed by atoms with Crippen molar-refractivity contribution < 1.29 is 0 Å². The zero-order chi connectivity index (χ0) is 13.1. The largest absolute Gasteiger partial charge is 0.324 e. The second-order valence-corrected chi connectivity index (χ2v) is 5.25. The molecule has 0 spiro atoms. The smallest absolute Gasteiger partial charge is 0.195 e. The van der Waals surface area contributed by atoms with Crippen LogP contribution in [0.2, 0.25) is 0 Å². The fraction of sp³-hybridized carbons (Fsp3) is 0.385. The van der Waals surface area contributed by atoms with E-state index >= 15 is 0 Å². The van der Waals surface area contributed by atoms with Crippen molar-refractivity contribution in [2.75, 3.05) is 0 Å². The molecule has 1 heterocycles. The minimum Gasteiger partial charge on any atom is -0.324 e. The first-order valence-corrected chi connectivity index (χ1v) is 6.83. The summed E-state index contributed by atoms with van der Waals surface area (Å²) in [6, 6.07) is 8.29. The molecule has 1 aromatic carbocycles. The molecule has 0 amide bonds. The fourth-order valence-corrected chi connectivity index (χ4v) is 2.71. The van der Waals surface area contributed by atoms with Crippen molar-refractivity contribution in [3.8, 4) is 0 Å². The average Bonchev–Trinajstić information content (AvgIpc) is 2.70. The van der Waals surface area contributed by atoms with E-state index in [-0.39, 0.29) is 6.04 Å². The summed E-state index contributed by atoms with van der Waals surface area (Å²) in [4.78, 5) is 1.15. The Morgan fingerprint density at radius 2 is 2.06 bits per heavy atom. The molecule has 1 unspecified atom stereocenters. The number of aromatic nitrogens is 3. The molecule has 96 valence electrons. The Bertz CT molecular complexity index is 536. The zero-order valence-electron chi connectivity index (χ0n) is 10.9. The Kier molecular flexibility index (Phi) is 4.04. The molecule has 18 heavy (non-hydrogen) atoms. The molecular formula is C13H18N4S. The van der Waals surface area contributed by atoms with Gasteiger partial charge >= 0.3 is 0 Å². The Balaban J connectivity index is 2.32. The van der Waals surface area contributed by atoms with E-state index in [2.05, 4.69) is 29.3 Å². The van der Waals surface area contributed by atoms with Crippen molar-refractivity contribution in [3.63, 3.8) is 0 Å². The third-order valence-corrected chi connectivity index (χ3v) is 4.14. The van der Waals surface area contributed by atoms with Gasteiger partial charge in [0.25, 0.3) is 0 Å². The van der Waals surface area contributed by atoms with Crippen LogP contribution in [0.1, 0.15) is 30.8 Å². The highest BCUT2D eigenvalue weighted by atomic mass is 32.2. The number of nitrogens with zero attached hydrogens (tertiary/aromatic N) is 3. The highest BCUT2D eigenvalue weighted by molar-refractivity contribution is 7.99. The van der Waals surface area contributed by atoms with E-state index in [0.29, 0.717) is 0 Å². The number of hydrogen-bond acceptors (Lipinski definition) is 4. The Morgan fingerprint density at radius 3 is 2.67 bits per heavy atom. The molecule has 1 atom stereocenters. The molecule has 5 heteroatoms. The molecule has 1 aromatic heterocycles. The first kappa shape index (κ1) is 13.1. The van der Waals surface area contributed by atoms with E-state index in [1.807, 2.05) is 30.7 Å². The highest BCUT2D eigenvalue weighted by Gasteiger charge is 2.13. The molecule has 2 N–H and O–H groups in total. The van der Waals surface area contributed by atoms with E-state index in [1.165, 1.54) is 5.56 Å². The quantitative estimate of drug-likeness (QED) is 0.920. The molecule has 2 rings (SSSR count). The molecule has 0 aliphatic heterocycles. The lowest BCUT2D eigenvalue weighted by molar-refractivity contribution is 0.684. The van der Waals surface area contributed by atoms with Gasteiger partial charge in [-0.25, -0.2) is 0 Å². The van der Waals surface area contributed by atoms with Gasteiger partial charge < -0.3 is 10.3 Å². The Hall–Kier alpha value is -1.33. The molecule has 0 aliphatic carbocycles. The predicted molar refractivity (Wildman–Crippen MR) is 73.5 cm³/mol. The maximum absolute atomic E-state index is 6.14. The van der Waals surface area contributed by atoms with Gasteiger partial charge in [-0.15, -0.1) is 10.2 Å². The molecular weight excluding hydrogens is 244 g/mol. The molecule has 4 nitrogen and oxygen atoms in total. The lowest BCUT2D eigenvalue weighted by atomic mass is 10.1. The molecule has 0 aliphatic rings. The van der Waals surface area contributed by atoms with Gasteiger partial charge in [0.15, 0.2) is 5.16 Å². The van der Waals surface area contributed by atoms with Gasteiger partial charge in [-0.2, -0.15) is 0 Å². The fourth-order valence-electron chi connectivity index (χ4n) is 1.67. The van der Waals surface area contributed by atoms with E-state index in [4.69, 9.17) is 5.73 Å². The number of benzene rings is 1. The van der Waals surface area contributed by atoms with Gasteiger partial charge in [-0.1, -0.05) is 25.1 Å². The van der Waals surface area contributed by atoms with Crippen LogP contribution in [0.5, 0.6) is 0 Å². The minimum absolute atomic E-state index is 0.0722. The van der Waals surface area contributed by atoms with Crippen molar-refractivity contribution >= 4 is 11.8 Å². The lowest BCUT2D eigenvalue weighted by Gasteiger charge is -2.13. The Morgan fingerprint density at radius 1 is 1.33 bits per heavy atom. The average molecular weight is 262 g/mol. The van der Waals surface area contributed by atoms with Gasteiger partial charge in [-0.05, 0) is 36.7 Å². The maximum atomic E-state index is 6.14. The molecule has 0 radical (unpaired) electrons. The first-order valence-electron chi connectivity index (χ1n) is 6.01. The number of rotatable bonds is 4. The summed E-state index contributed by atoms with van der Waals surface area (Å²) in [7, 11) is 1.97.